The summed E-state index contributed by atoms with van der Waals surface area (Å²) in [6.07, 6.45) is 4.15. The van der Waals surface area contributed by atoms with Gasteiger partial charge in [0.05, 0.1) is 7.11 Å². The Morgan fingerprint density at radius 3 is 2.61 bits per heavy atom. The molecule has 0 bridgehead atoms. The zero-order valence-corrected chi connectivity index (χ0v) is 16.1. The molecule has 2 fully saturated rings. The van der Waals surface area contributed by atoms with Gasteiger partial charge in [-0.15, -0.1) is 0 Å². The quantitative estimate of drug-likeness (QED) is 0.765. The number of pyridine rings is 1. The molecule has 1 aromatic heterocycles. The van der Waals surface area contributed by atoms with Crippen LogP contribution in [-0.2, 0) is 16.1 Å². The molecule has 0 atom stereocenters. The first kappa shape index (κ1) is 18.5. The van der Waals surface area contributed by atoms with E-state index in [4.69, 9.17) is 4.74 Å². The number of carbonyl (C=O) groups excluding carboxylic acids is 2. The van der Waals surface area contributed by atoms with Crippen molar-refractivity contribution in [3.63, 3.8) is 0 Å². The monoisotopic (exact) mass is 379 g/mol. The summed E-state index contributed by atoms with van der Waals surface area (Å²) < 4.78 is 4.89. The molecule has 2 aromatic rings. The van der Waals surface area contributed by atoms with Crippen LogP contribution in [0.15, 0.2) is 48.7 Å². The topological polar surface area (TPSA) is 62.7 Å². The van der Waals surface area contributed by atoms with Crippen LogP contribution in [0.2, 0.25) is 0 Å². The van der Waals surface area contributed by atoms with Crippen molar-refractivity contribution in [3.05, 3.63) is 59.8 Å². The minimum Gasteiger partial charge on any atom is -0.465 e. The van der Waals surface area contributed by atoms with Crippen molar-refractivity contribution in [2.75, 3.05) is 31.6 Å². The van der Waals surface area contributed by atoms with E-state index < -0.39 is 0 Å². The molecule has 4 rings (SSSR count). The van der Waals surface area contributed by atoms with Gasteiger partial charge in [0.15, 0.2) is 0 Å². The highest BCUT2D eigenvalue weighted by Gasteiger charge is 2.45. The molecule has 3 heterocycles. The smallest absolute Gasteiger partial charge is 0.341 e. The number of likely N-dealkylation sites (tertiary alicyclic amines) is 1. The number of methoxy groups -OCH3 is 1. The number of anilines is 1. The molecule has 6 heteroatoms. The molecule has 2 aliphatic rings. The van der Waals surface area contributed by atoms with E-state index in [2.05, 4.69) is 22.0 Å². The molecule has 2 aliphatic heterocycles. The van der Waals surface area contributed by atoms with Crippen molar-refractivity contribution in [1.29, 1.82) is 0 Å². The Balaban J connectivity index is 1.43. The molecule has 2 saturated heterocycles. The van der Waals surface area contributed by atoms with Gasteiger partial charge in [0, 0.05) is 44.2 Å². The number of carbonyl (C=O) groups is 2. The van der Waals surface area contributed by atoms with Crippen molar-refractivity contribution < 1.29 is 14.3 Å². The maximum Gasteiger partial charge on any atom is 0.341 e. The summed E-state index contributed by atoms with van der Waals surface area (Å²) in [5.74, 6) is 0.550. The van der Waals surface area contributed by atoms with Crippen molar-refractivity contribution in [2.45, 2.75) is 25.8 Å². The molecule has 146 valence electrons. The van der Waals surface area contributed by atoms with Gasteiger partial charge in [-0.25, -0.2) is 9.78 Å². The van der Waals surface area contributed by atoms with Gasteiger partial charge < -0.3 is 14.5 Å². The van der Waals surface area contributed by atoms with Crippen LogP contribution in [0, 0.1) is 5.41 Å². The first-order valence-corrected chi connectivity index (χ1v) is 9.70. The third kappa shape index (κ3) is 3.59. The van der Waals surface area contributed by atoms with Gasteiger partial charge in [0.2, 0.25) is 5.91 Å². The van der Waals surface area contributed by atoms with E-state index in [1.807, 2.05) is 23.1 Å². The maximum absolute atomic E-state index is 12.6. The summed E-state index contributed by atoms with van der Waals surface area (Å²) in [5.41, 5.74) is 1.69. The van der Waals surface area contributed by atoms with Gasteiger partial charge in [-0.05, 0) is 30.5 Å². The molecule has 0 aliphatic carbocycles. The normalized spacial score (nSPS) is 18.5. The Labute approximate surface area is 165 Å². The summed E-state index contributed by atoms with van der Waals surface area (Å²) in [6, 6.07) is 13.6. The lowest BCUT2D eigenvalue weighted by atomic mass is 9.77. The zero-order valence-electron chi connectivity index (χ0n) is 16.1. The highest BCUT2D eigenvalue weighted by Crippen LogP contribution is 2.42. The first-order chi connectivity index (χ1) is 13.6. The lowest BCUT2D eigenvalue weighted by molar-refractivity contribution is -0.128. The number of hydrogen-bond donors (Lipinski definition) is 0. The van der Waals surface area contributed by atoms with E-state index in [0.29, 0.717) is 24.3 Å². The van der Waals surface area contributed by atoms with Gasteiger partial charge in [0.1, 0.15) is 11.4 Å². The Morgan fingerprint density at radius 2 is 1.89 bits per heavy atom. The molecule has 1 amide bonds. The molecule has 0 unspecified atom stereocenters. The average molecular weight is 379 g/mol. The molecular weight excluding hydrogens is 354 g/mol. The number of hydrogen-bond acceptors (Lipinski definition) is 5. The third-order valence-corrected chi connectivity index (χ3v) is 5.94. The number of benzene rings is 1. The zero-order chi connectivity index (χ0) is 19.6. The van der Waals surface area contributed by atoms with E-state index in [-0.39, 0.29) is 17.3 Å². The Kier molecular flexibility index (Phi) is 5.03. The van der Waals surface area contributed by atoms with Crippen molar-refractivity contribution in [1.82, 2.24) is 9.88 Å². The molecule has 1 aromatic carbocycles. The number of nitrogens with zero attached hydrogens (tertiary/aromatic N) is 3. The Bertz CT molecular complexity index is 860. The summed E-state index contributed by atoms with van der Waals surface area (Å²) in [4.78, 5) is 33.2. The number of piperidine rings is 1. The van der Waals surface area contributed by atoms with Crippen LogP contribution in [0.4, 0.5) is 5.82 Å². The van der Waals surface area contributed by atoms with Crippen LogP contribution in [0.3, 0.4) is 0 Å². The minimum absolute atomic E-state index is 0.0303. The highest BCUT2D eigenvalue weighted by atomic mass is 16.5. The standard InChI is InChI=1S/C22H25N3O3/c1-28-21(27)18-8-5-11-23-20(18)24-12-9-22(10-13-24)14-19(26)25(16-22)15-17-6-3-2-4-7-17/h2-8,11H,9-10,12-16H2,1H3. The molecule has 1 spiro atoms. The molecule has 0 radical (unpaired) electrons. The molecular formula is C22H25N3O3. The second kappa shape index (κ2) is 7.62. The van der Waals surface area contributed by atoms with Gasteiger partial charge in [-0.3, -0.25) is 4.79 Å². The summed E-state index contributed by atoms with van der Waals surface area (Å²) in [6.45, 7) is 3.06. The predicted octanol–water partition coefficient (Wildman–Crippen LogP) is 2.89. The van der Waals surface area contributed by atoms with Crippen LogP contribution in [0.25, 0.3) is 0 Å². The SMILES string of the molecule is COC(=O)c1cccnc1N1CCC2(CC1)CC(=O)N(Cc1ccccc1)C2. The van der Waals surface area contributed by atoms with Crippen LogP contribution in [-0.4, -0.2) is 48.5 Å². The predicted molar refractivity (Wildman–Crippen MR) is 106 cm³/mol. The number of rotatable bonds is 4. The summed E-state index contributed by atoms with van der Waals surface area (Å²) in [7, 11) is 1.38. The average Bonchev–Trinajstić information content (AvgIpc) is 3.03. The first-order valence-electron chi connectivity index (χ1n) is 9.70. The van der Waals surface area contributed by atoms with Crippen molar-refractivity contribution in [3.8, 4) is 0 Å². The Morgan fingerprint density at radius 1 is 1.14 bits per heavy atom. The fourth-order valence-electron chi connectivity index (χ4n) is 4.38. The lowest BCUT2D eigenvalue weighted by Gasteiger charge is -2.39. The van der Waals surface area contributed by atoms with E-state index in [9.17, 15) is 9.59 Å². The fraction of sp³-hybridized carbons (Fsp3) is 0.409. The van der Waals surface area contributed by atoms with Crippen molar-refractivity contribution in [2.24, 2.45) is 5.41 Å². The van der Waals surface area contributed by atoms with E-state index >= 15 is 0 Å². The largest absolute Gasteiger partial charge is 0.465 e. The fourth-order valence-corrected chi connectivity index (χ4v) is 4.38. The summed E-state index contributed by atoms with van der Waals surface area (Å²) >= 11 is 0. The number of amides is 1. The van der Waals surface area contributed by atoms with Crippen LogP contribution in [0.1, 0.15) is 35.2 Å². The van der Waals surface area contributed by atoms with Crippen LogP contribution < -0.4 is 4.90 Å². The Hall–Kier alpha value is -2.89. The van der Waals surface area contributed by atoms with E-state index in [1.165, 1.54) is 12.7 Å². The van der Waals surface area contributed by atoms with Gasteiger partial charge in [-0.2, -0.15) is 0 Å². The minimum atomic E-state index is -0.367. The molecule has 0 saturated carbocycles. The number of aromatic nitrogens is 1. The number of esters is 1. The molecule has 0 N–H and O–H groups in total. The second-order valence-electron chi connectivity index (χ2n) is 7.77. The molecule has 28 heavy (non-hydrogen) atoms. The maximum atomic E-state index is 12.6. The third-order valence-electron chi connectivity index (χ3n) is 5.94. The molecule has 6 nitrogen and oxygen atoms in total. The van der Waals surface area contributed by atoms with E-state index in [0.717, 1.165) is 32.5 Å². The highest BCUT2D eigenvalue weighted by molar-refractivity contribution is 5.94. The van der Waals surface area contributed by atoms with Crippen LogP contribution in [0.5, 0.6) is 0 Å². The second-order valence-corrected chi connectivity index (χ2v) is 7.77. The van der Waals surface area contributed by atoms with Crippen molar-refractivity contribution >= 4 is 17.7 Å². The number of ether oxygens (including phenoxy) is 1. The van der Waals surface area contributed by atoms with Gasteiger partial charge >= 0.3 is 5.97 Å². The lowest BCUT2D eigenvalue weighted by Crippen LogP contribution is -2.42. The summed E-state index contributed by atoms with van der Waals surface area (Å²) in [5, 5.41) is 0. The van der Waals surface area contributed by atoms with Gasteiger partial charge in [0.25, 0.3) is 0 Å². The van der Waals surface area contributed by atoms with Gasteiger partial charge in [-0.1, -0.05) is 30.3 Å². The van der Waals surface area contributed by atoms with Crippen LogP contribution >= 0.6 is 0 Å². The van der Waals surface area contributed by atoms with E-state index in [1.54, 1.807) is 18.3 Å².